The fourth-order valence-electron chi connectivity index (χ4n) is 1.30. The Labute approximate surface area is 116 Å². The van der Waals surface area contributed by atoms with Gasteiger partial charge in [0.2, 0.25) is 0 Å². The number of esters is 1. The molecule has 102 valence electrons. The summed E-state index contributed by atoms with van der Waals surface area (Å²) in [6.45, 7) is 5.15. The molecule has 1 aromatic rings. The van der Waals surface area contributed by atoms with E-state index in [0.717, 1.165) is 16.8 Å². The summed E-state index contributed by atoms with van der Waals surface area (Å²) in [6.07, 6.45) is 1.05. The number of carbonyl (C=O) groups excluding carboxylic acids is 1. The molecule has 0 radical (unpaired) electrons. The van der Waals surface area contributed by atoms with Crippen LogP contribution in [0.25, 0.3) is 0 Å². The highest BCUT2D eigenvalue weighted by molar-refractivity contribution is 9.10. The van der Waals surface area contributed by atoms with Gasteiger partial charge in [-0.2, -0.15) is 0 Å². The van der Waals surface area contributed by atoms with Crippen molar-refractivity contribution in [3.8, 4) is 0 Å². The van der Waals surface area contributed by atoms with Gasteiger partial charge in [0.15, 0.2) is 0 Å². The van der Waals surface area contributed by atoms with Crippen LogP contribution in [0.1, 0.15) is 6.92 Å². The molecule has 19 heavy (non-hydrogen) atoms. The van der Waals surface area contributed by atoms with E-state index >= 15 is 0 Å². The summed E-state index contributed by atoms with van der Waals surface area (Å²) in [5, 5.41) is 10.7. The molecule has 0 bridgehead atoms. The topological polar surface area (TPSA) is 91.4 Å². The van der Waals surface area contributed by atoms with Crippen molar-refractivity contribution in [3.63, 3.8) is 0 Å². The maximum Gasteiger partial charge on any atom is 0.335 e. The third-order valence-electron chi connectivity index (χ3n) is 2.16. The van der Waals surface area contributed by atoms with Crippen LogP contribution in [0.2, 0.25) is 0 Å². The number of nitro groups is 1. The van der Waals surface area contributed by atoms with E-state index in [9.17, 15) is 19.7 Å². The first-order valence-corrected chi connectivity index (χ1v) is 6.05. The first-order valence-electron chi connectivity index (χ1n) is 5.26. The van der Waals surface area contributed by atoms with Crippen molar-refractivity contribution in [2.75, 3.05) is 6.61 Å². The Hall–Kier alpha value is -1.96. The van der Waals surface area contributed by atoms with E-state index in [4.69, 9.17) is 4.74 Å². The zero-order chi connectivity index (χ0) is 14.6. The van der Waals surface area contributed by atoms with E-state index in [1.165, 1.54) is 0 Å². The Bertz CT molecular complexity index is 593. The molecule has 0 aliphatic heterocycles. The maximum absolute atomic E-state index is 11.8. The number of aromatic nitrogens is 1. The van der Waals surface area contributed by atoms with Crippen LogP contribution in [-0.4, -0.2) is 22.1 Å². The quantitative estimate of drug-likeness (QED) is 0.354. The molecular weight excluding hydrogens is 320 g/mol. The molecule has 1 aromatic heterocycles. The van der Waals surface area contributed by atoms with Crippen LogP contribution in [-0.2, 0) is 16.1 Å². The first-order chi connectivity index (χ1) is 8.86. The summed E-state index contributed by atoms with van der Waals surface area (Å²) in [6, 6.07) is 1.10. The zero-order valence-corrected chi connectivity index (χ0v) is 11.7. The van der Waals surface area contributed by atoms with E-state index in [1.807, 2.05) is 0 Å². The third-order valence-corrected chi connectivity index (χ3v) is 2.73. The minimum Gasteiger partial charge on any atom is -0.463 e. The highest BCUT2D eigenvalue weighted by Gasteiger charge is 2.15. The Balaban J connectivity index is 3.07. The molecule has 0 aliphatic rings. The number of halogens is 1. The molecule has 0 aromatic carbocycles. The molecule has 0 saturated heterocycles. The number of ether oxygens (including phenoxy) is 1. The summed E-state index contributed by atoms with van der Waals surface area (Å²) < 4.78 is 5.79. The average molecular weight is 331 g/mol. The van der Waals surface area contributed by atoms with Crippen molar-refractivity contribution in [2.45, 2.75) is 13.5 Å². The molecule has 1 rings (SSSR count). The average Bonchev–Trinajstić information content (AvgIpc) is 2.34. The Morgan fingerprint density at radius 3 is 2.79 bits per heavy atom. The van der Waals surface area contributed by atoms with Crippen LogP contribution < -0.4 is 5.56 Å². The predicted molar refractivity (Wildman–Crippen MR) is 70.8 cm³/mol. The summed E-state index contributed by atoms with van der Waals surface area (Å²) in [5.74, 6) is -0.642. The van der Waals surface area contributed by atoms with Gasteiger partial charge in [0.25, 0.3) is 11.2 Å². The lowest BCUT2D eigenvalue weighted by molar-refractivity contribution is -0.385. The summed E-state index contributed by atoms with van der Waals surface area (Å²) in [4.78, 5) is 33.2. The van der Waals surface area contributed by atoms with Gasteiger partial charge in [0, 0.05) is 11.6 Å². The second-order valence-electron chi connectivity index (χ2n) is 3.56. The van der Waals surface area contributed by atoms with Crippen LogP contribution in [0.4, 0.5) is 5.69 Å². The summed E-state index contributed by atoms with van der Waals surface area (Å²) in [5.41, 5.74) is -0.712. The number of rotatable bonds is 5. The molecule has 0 unspecified atom stereocenters. The molecule has 0 amide bonds. The van der Waals surface area contributed by atoms with Crippen molar-refractivity contribution < 1.29 is 14.5 Å². The monoisotopic (exact) mass is 330 g/mol. The van der Waals surface area contributed by atoms with Gasteiger partial charge in [-0.15, -0.1) is 0 Å². The molecule has 0 aliphatic carbocycles. The van der Waals surface area contributed by atoms with Gasteiger partial charge in [-0.3, -0.25) is 14.9 Å². The smallest absolute Gasteiger partial charge is 0.335 e. The number of nitrogens with zero attached hydrogens (tertiary/aromatic N) is 2. The highest BCUT2D eigenvalue weighted by atomic mass is 79.9. The molecule has 7 nitrogen and oxygen atoms in total. The lowest BCUT2D eigenvalue weighted by atomic mass is 10.3. The maximum atomic E-state index is 11.8. The summed E-state index contributed by atoms with van der Waals surface area (Å²) in [7, 11) is 0. The molecule has 0 fully saturated rings. The largest absolute Gasteiger partial charge is 0.463 e. The molecule has 0 saturated carbocycles. The lowest BCUT2D eigenvalue weighted by Gasteiger charge is -2.08. The number of hydrogen-bond donors (Lipinski definition) is 0. The van der Waals surface area contributed by atoms with Gasteiger partial charge in [0.05, 0.1) is 28.7 Å². The van der Waals surface area contributed by atoms with E-state index in [2.05, 4.69) is 22.5 Å². The Morgan fingerprint density at radius 1 is 1.63 bits per heavy atom. The van der Waals surface area contributed by atoms with Crippen molar-refractivity contribution in [3.05, 3.63) is 49.4 Å². The second kappa shape index (κ2) is 6.28. The molecule has 0 atom stereocenters. The SMILES string of the molecule is C=C(Cn1cc([N+](=O)[O-])cc(Br)c1=O)C(=O)OCC. The van der Waals surface area contributed by atoms with E-state index < -0.39 is 16.5 Å². The molecule has 0 spiro atoms. The molecule has 1 heterocycles. The molecule has 8 heteroatoms. The number of pyridine rings is 1. The van der Waals surface area contributed by atoms with Crippen molar-refractivity contribution in [1.82, 2.24) is 4.57 Å². The van der Waals surface area contributed by atoms with E-state index in [-0.39, 0.29) is 28.9 Å². The Kier molecular flexibility index (Phi) is 4.99. The lowest BCUT2D eigenvalue weighted by Crippen LogP contribution is -2.24. The summed E-state index contributed by atoms with van der Waals surface area (Å²) >= 11 is 2.94. The number of carbonyl (C=O) groups is 1. The second-order valence-corrected chi connectivity index (χ2v) is 4.41. The standard InChI is InChI=1S/C11H11BrN2O5/c1-3-19-11(16)7(2)5-13-6-8(14(17)18)4-9(12)10(13)15/h4,6H,2-3,5H2,1H3. The Morgan fingerprint density at radius 2 is 2.26 bits per heavy atom. The fraction of sp³-hybridized carbons (Fsp3) is 0.273. The van der Waals surface area contributed by atoms with Gasteiger partial charge in [-0.05, 0) is 22.9 Å². The van der Waals surface area contributed by atoms with Crippen LogP contribution in [0.5, 0.6) is 0 Å². The predicted octanol–water partition coefficient (Wildman–Crippen LogP) is 1.64. The van der Waals surface area contributed by atoms with Crippen molar-refractivity contribution in [2.24, 2.45) is 0 Å². The van der Waals surface area contributed by atoms with Crippen LogP contribution in [0.3, 0.4) is 0 Å². The molecular formula is C11H11BrN2O5. The van der Waals surface area contributed by atoms with Crippen LogP contribution in [0.15, 0.2) is 33.7 Å². The fourth-order valence-corrected chi connectivity index (χ4v) is 1.77. The van der Waals surface area contributed by atoms with Crippen molar-refractivity contribution in [1.29, 1.82) is 0 Å². The van der Waals surface area contributed by atoms with Gasteiger partial charge in [0.1, 0.15) is 0 Å². The van der Waals surface area contributed by atoms with Gasteiger partial charge in [-0.25, -0.2) is 4.79 Å². The van der Waals surface area contributed by atoms with Crippen LogP contribution >= 0.6 is 15.9 Å². The van der Waals surface area contributed by atoms with Crippen molar-refractivity contribution >= 4 is 27.6 Å². The zero-order valence-electron chi connectivity index (χ0n) is 10.1. The van der Waals surface area contributed by atoms with Gasteiger partial charge >= 0.3 is 5.97 Å². The molecule has 0 N–H and O–H groups in total. The van der Waals surface area contributed by atoms with E-state index in [0.29, 0.717) is 0 Å². The highest BCUT2D eigenvalue weighted by Crippen LogP contribution is 2.14. The minimum absolute atomic E-state index is 0.0383. The van der Waals surface area contributed by atoms with Gasteiger partial charge in [-0.1, -0.05) is 6.58 Å². The first kappa shape index (κ1) is 15.1. The normalized spacial score (nSPS) is 10.0. The van der Waals surface area contributed by atoms with Gasteiger partial charge < -0.3 is 9.30 Å². The number of hydrogen-bond acceptors (Lipinski definition) is 5. The van der Waals surface area contributed by atoms with Crippen LogP contribution in [0, 0.1) is 10.1 Å². The third kappa shape index (κ3) is 3.75. The minimum atomic E-state index is -0.642. The van der Waals surface area contributed by atoms with E-state index in [1.54, 1.807) is 6.92 Å².